The third kappa shape index (κ3) is 3.36. The van der Waals surface area contributed by atoms with Gasteiger partial charge in [0, 0.05) is 0 Å². The minimum atomic E-state index is -0.443. The molecule has 0 spiro atoms. The van der Waals surface area contributed by atoms with Crippen LogP contribution in [0.3, 0.4) is 0 Å². The van der Waals surface area contributed by atoms with Crippen molar-refractivity contribution in [2.45, 2.75) is 43.4 Å². The number of benzene rings is 2. The second kappa shape index (κ2) is 6.58. The van der Waals surface area contributed by atoms with Crippen molar-refractivity contribution in [3.63, 3.8) is 0 Å². The molecule has 2 aromatic rings. The SMILES string of the molecule is CC1=CC([SH](c2cccc(C)c2)c2cccc(C)c2)=CCC1. The van der Waals surface area contributed by atoms with Gasteiger partial charge in [-0.15, -0.1) is 0 Å². The third-order valence-electron chi connectivity index (χ3n) is 4.06. The van der Waals surface area contributed by atoms with Gasteiger partial charge in [-0.3, -0.25) is 0 Å². The highest BCUT2D eigenvalue weighted by molar-refractivity contribution is 8.20. The van der Waals surface area contributed by atoms with Crippen LogP contribution in [-0.2, 0) is 0 Å². The van der Waals surface area contributed by atoms with E-state index in [0.29, 0.717) is 0 Å². The van der Waals surface area contributed by atoms with Gasteiger partial charge in [0.1, 0.15) is 0 Å². The first kappa shape index (κ1) is 15.2. The maximum Gasteiger partial charge on any atom is -0.00426 e. The third-order valence-corrected chi connectivity index (χ3v) is 6.48. The van der Waals surface area contributed by atoms with E-state index in [2.05, 4.69) is 81.5 Å². The molecule has 0 atom stereocenters. The van der Waals surface area contributed by atoms with Crippen LogP contribution in [-0.4, -0.2) is 0 Å². The van der Waals surface area contributed by atoms with Crippen molar-refractivity contribution in [3.05, 3.63) is 82.3 Å². The molecule has 114 valence electrons. The van der Waals surface area contributed by atoms with Gasteiger partial charge in [-0.25, -0.2) is 0 Å². The van der Waals surface area contributed by atoms with E-state index < -0.39 is 10.9 Å². The van der Waals surface area contributed by atoms with E-state index in [1.807, 2.05) is 0 Å². The Bertz CT molecular complexity index is 692. The van der Waals surface area contributed by atoms with Crippen LogP contribution in [0.1, 0.15) is 30.9 Å². The average molecular weight is 308 g/mol. The summed E-state index contributed by atoms with van der Waals surface area (Å²) in [6.45, 7) is 6.63. The summed E-state index contributed by atoms with van der Waals surface area (Å²) in [6.07, 6.45) is 7.24. The lowest BCUT2D eigenvalue weighted by molar-refractivity contribution is 0.957. The second-order valence-electron chi connectivity index (χ2n) is 6.17. The molecule has 1 aliphatic carbocycles. The molecule has 0 aromatic heterocycles. The van der Waals surface area contributed by atoms with Crippen molar-refractivity contribution >= 4 is 10.9 Å². The van der Waals surface area contributed by atoms with Crippen LogP contribution in [0.25, 0.3) is 0 Å². The van der Waals surface area contributed by atoms with E-state index in [-0.39, 0.29) is 0 Å². The van der Waals surface area contributed by atoms with Gasteiger partial charge in [-0.2, -0.15) is 10.9 Å². The topological polar surface area (TPSA) is 0 Å². The highest BCUT2D eigenvalue weighted by Crippen LogP contribution is 2.53. The van der Waals surface area contributed by atoms with Crippen molar-refractivity contribution < 1.29 is 0 Å². The molecule has 0 saturated heterocycles. The zero-order valence-electron chi connectivity index (χ0n) is 13.6. The predicted octanol–water partition coefficient (Wildman–Crippen LogP) is 6.35. The monoisotopic (exact) mass is 308 g/mol. The molecule has 22 heavy (non-hydrogen) atoms. The smallest absolute Gasteiger partial charge is 0.00426 e. The fourth-order valence-corrected chi connectivity index (χ4v) is 5.66. The summed E-state index contributed by atoms with van der Waals surface area (Å²) in [5.41, 5.74) is 4.19. The standard InChI is InChI=1S/C21H24S/c1-16-7-4-10-19(13-16)22(20-11-5-8-17(2)14-20)21-12-6-9-18(3)15-21/h4-5,7-8,10-15,22H,6,9H2,1-3H3. The number of hydrogen-bond acceptors (Lipinski definition) is 0. The van der Waals surface area contributed by atoms with Gasteiger partial charge in [0.15, 0.2) is 0 Å². The fraction of sp³-hybridized carbons (Fsp3) is 0.238. The average Bonchev–Trinajstić information content (AvgIpc) is 2.48. The van der Waals surface area contributed by atoms with Crippen LogP contribution in [0.5, 0.6) is 0 Å². The van der Waals surface area contributed by atoms with Crippen molar-refractivity contribution in [3.8, 4) is 0 Å². The summed E-state index contributed by atoms with van der Waals surface area (Å²) in [5.74, 6) is 0. The summed E-state index contributed by atoms with van der Waals surface area (Å²) >= 11 is 0. The van der Waals surface area contributed by atoms with Gasteiger partial charge < -0.3 is 0 Å². The number of allylic oxidation sites excluding steroid dienone is 3. The van der Waals surface area contributed by atoms with Crippen molar-refractivity contribution in [2.24, 2.45) is 0 Å². The summed E-state index contributed by atoms with van der Waals surface area (Å²) in [7, 11) is -0.443. The molecule has 1 aliphatic rings. The van der Waals surface area contributed by atoms with E-state index in [9.17, 15) is 0 Å². The molecule has 0 aliphatic heterocycles. The van der Waals surface area contributed by atoms with E-state index in [4.69, 9.17) is 0 Å². The molecule has 0 bridgehead atoms. The zero-order valence-corrected chi connectivity index (χ0v) is 14.5. The Morgan fingerprint density at radius 3 is 1.91 bits per heavy atom. The van der Waals surface area contributed by atoms with E-state index in [0.717, 1.165) is 0 Å². The van der Waals surface area contributed by atoms with Crippen LogP contribution >= 0.6 is 10.9 Å². The number of hydrogen-bond donors (Lipinski definition) is 1. The number of thiol groups is 1. The van der Waals surface area contributed by atoms with Crippen molar-refractivity contribution in [1.82, 2.24) is 0 Å². The van der Waals surface area contributed by atoms with Gasteiger partial charge >= 0.3 is 0 Å². The molecule has 0 radical (unpaired) electrons. The molecule has 1 heteroatoms. The predicted molar refractivity (Wildman–Crippen MR) is 99.0 cm³/mol. The Morgan fingerprint density at radius 1 is 0.818 bits per heavy atom. The molecule has 3 rings (SSSR count). The van der Waals surface area contributed by atoms with Crippen LogP contribution in [0.15, 0.2) is 81.0 Å². The summed E-state index contributed by atoms with van der Waals surface area (Å²) in [6, 6.07) is 18.0. The highest BCUT2D eigenvalue weighted by atomic mass is 32.2. The molecule has 2 aromatic carbocycles. The molecule has 0 heterocycles. The maximum atomic E-state index is 2.45. The Balaban J connectivity index is 2.12. The van der Waals surface area contributed by atoms with Crippen LogP contribution in [0.2, 0.25) is 0 Å². The Hall–Kier alpha value is -1.73. The van der Waals surface area contributed by atoms with E-state index in [1.165, 1.54) is 44.2 Å². The lowest BCUT2D eigenvalue weighted by Crippen LogP contribution is -1.95. The molecule has 0 N–H and O–H groups in total. The first-order chi connectivity index (χ1) is 10.6. The van der Waals surface area contributed by atoms with Crippen LogP contribution < -0.4 is 0 Å². The first-order valence-corrected chi connectivity index (χ1v) is 9.28. The van der Waals surface area contributed by atoms with Gasteiger partial charge in [0.25, 0.3) is 0 Å². The molecule has 0 nitrogen and oxygen atoms in total. The minimum absolute atomic E-state index is 0.443. The molecule has 0 amide bonds. The normalized spacial score (nSPS) is 15.1. The van der Waals surface area contributed by atoms with Gasteiger partial charge in [0.05, 0.1) is 0 Å². The quantitative estimate of drug-likeness (QED) is 0.628. The van der Waals surface area contributed by atoms with Crippen LogP contribution in [0.4, 0.5) is 0 Å². The molecule has 0 saturated carbocycles. The lowest BCUT2D eigenvalue weighted by atomic mass is 10.1. The molecular weight excluding hydrogens is 284 g/mol. The Labute approximate surface area is 136 Å². The maximum absolute atomic E-state index is 2.45. The number of rotatable bonds is 3. The van der Waals surface area contributed by atoms with Gasteiger partial charge in [0.2, 0.25) is 0 Å². The summed E-state index contributed by atoms with van der Waals surface area (Å²) < 4.78 is 0. The summed E-state index contributed by atoms with van der Waals surface area (Å²) in [5, 5.41) is 0. The molecule has 0 unspecified atom stereocenters. The largest absolute Gasteiger partial charge is 0.173 e. The Kier molecular flexibility index (Phi) is 4.54. The first-order valence-electron chi connectivity index (χ1n) is 7.94. The second-order valence-corrected chi connectivity index (χ2v) is 8.39. The Morgan fingerprint density at radius 2 is 1.41 bits per heavy atom. The highest BCUT2D eigenvalue weighted by Gasteiger charge is 2.16. The van der Waals surface area contributed by atoms with Gasteiger partial charge in [-0.05, 0) is 72.6 Å². The van der Waals surface area contributed by atoms with Crippen molar-refractivity contribution in [1.29, 1.82) is 0 Å². The fourth-order valence-electron chi connectivity index (χ4n) is 2.97. The molecular formula is C21H24S. The van der Waals surface area contributed by atoms with E-state index in [1.54, 1.807) is 0 Å². The summed E-state index contributed by atoms with van der Waals surface area (Å²) in [4.78, 5) is 4.42. The van der Waals surface area contributed by atoms with Gasteiger partial charge in [-0.1, -0.05) is 53.1 Å². The number of aryl methyl sites for hydroxylation is 2. The van der Waals surface area contributed by atoms with Crippen molar-refractivity contribution in [2.75, 3.05) is 0 Å². The van der Waals surface area contributed by atoms with Crippen LogP contribution in [0, 0.1) is 13.8 Å². The zero-order chi connectivity index (χ0) is 15.5. The lowest BCUT2D eigenvalue weighted by Gasteiger charge is -2.27. The van der Waals surface area contributed by atoms with E-state index >= 15 is 0 Å². The minimum Gasteiger partial charge on any atom is -0.173 e. The molecule has 0 fully saturated rings.